The second kappa shape index (κ2) is 4.36. The van der Waals surface area contributed by atoms with Gasteiger partial charge in [-0.05, 0) is 18.6 Å². The van der Waals surface area contributed by atoms with Crippen molar-refractivity contribution in [3.63, 3.8) is 0 Å². The minimum absolute atomic E-state index is 0.237. The maximum atomic E-state index is 11.5. The summed E-state index contributed by atoms with van der Waals surface area (Å²) in [4.78, 5) is 3.88. The van der Waals surface area contributed by atoms with Crippen molar-refractivity contribution >= 4 is 15.7 Å². The Balaban J connectivity index is 2.80. The molecule has 2 N–H and O–H groups in total. The molecule has 0 fully saturated rings. The lowest BCUT2D eigenvalue weighted by atomic mass is 10.2. The van der Waals surface area contributed by atoms with Crippen LogP contribution >= 0.6 is 0 Å². The Hall–Kier alpha value is -1.98. The van der Waals surface area contributed by atoms with Crippen LogP contribution in [0.25, 0.3) is 5.65 Å². The van der Waals surface area contributed by atoms with Crippen molar-refractivity contribution in [3.05, 3.63) is 23.5 Å². The average Bonchev–Trinajstić information content (AvgIpc) is 2.66. The first-order valence-electron chi connectivity index (χ1n) is 5.29. The minimum Gasteiger partial charge on any atom is -0.223 e. The number of nitriles is 1. The fourth-order valence-corrected chi connectivity index (χ4v) is 2.40. The molecular weight excluding hydrogens is 254 g/mol. The van der Waals surface area contributed by atoms with Gasteiger partial charge in [0.15, 0.2) is 11.3 Å². The first kappa shape index (κ1) is 12.5. The summed E-state index contributed by atoms with van der Waals surface area (Å²) in [5.41, 5.74) is 0.769. The molecular formula is C10H11N5O2S. The lowest BCUT2D eigenvalue weighted by molar-refractivity contribution is 0.588. The normalized spacial score (nSPS) is 11.6. The summed E-state index contributed by atoms with van der Waals surface area (Å²) >= 11 is 0. The van der Waals surface area contributed by atoms with E-state index < -0.39 is 10.0 Å². The Kier molecular flexibility index (Phi) is 3.02. The first-order valence-corrected chi connectivity index (χ1v) is 6.83. The Bertz CT molecular complexity index is 741. The quantitative estimate of drug-likeness (QED) is 0.851. The van der Waals surface area contributed by atoms with E-state index in [1.165, 1.54) is 0 Å². The second-order valence-electron chi connectivity index (χ2n) is 3.77. The van der Waals surface area contributed by atoms with Crippen LogP contribution in [0.2, 0.25) is 0 Å². The van der Waals surface area contributed by atoms with Gasteiger partial charge >= 0.3 is 0 Å². The number of aryl methyl sites for hydroxylation is 1. The Morgan fingerprint density at radius 2 is 2.22 bits per heavy atom. The number of rotatable bonds is 3. The van der Waals surface area contributed by atoms with E-state index in [-0.39, 0.29) is 16.4 Å². The van der Waals surface area contributed by atoms with E-state index in [9.17, 15) is 8.42 Å². The summed E-state index contributed by atoms with van der Waals surface area (Å²) in [5, 5.41) is 17.8. The van der Waals surface area contributed by atoms with Crippen molar-refractivity contribution in [1.29, 1.82) is 5.26 Å². The van der Waals surface area contributed by atoms with Gasteiger partial charge in [-0.3, -0.25) is 0 Å². The Morgan fingerprint density at radius 1 is 1.50 bits per heavy atom. The molecule has 0 aliphatic rings. The molecule has 2 aromatic heterocycles. The third-order valence-electron chi connectivity index (χ3n) is 2.37. The average molecular weight is 265 g/mol. The van der Waals surface area contributed by atoms with E-state index in [1.807, 2.05) is 6.92 Å². The second-order valence-corrected chi connectivity index (χ2v) is 5.24. The van der Waals surface area contributed by atoms with Gasteiger partial charge in [-0.2, -0.15) is 14.9 Å². The molecule has 0 aliphatic heterocycles. The molecule has 8 heteroatoms. The molecule has 2 rings (SSSR count). The highest BCUT2D eigenvalue weighted by Gasteiger charge is 2.22. The predicted molar refractivity (Wildman–Crippen MR) is 63.1 cm³/mol. The van der Waals surface area contributed by atoms with Crippen LogP contribution in [-0.2, 0) is 16.4 Å². The van der Waals surface area contributed by atoms with Crippen molar-refractivity contribution in [2.24, 2.45) is 5.14 Å². The Labute approximate surface area is 104 Å². The van der Waals surface area contributed by atoms with Gasteiger partial charge in [0.1, 0.15) is 6.07 Å². The maximum Gasteiger partial charge on any atom is 0.258 e. The Morgan fingerprint density at radius 3 is 2.78 bits per heavy atom. The number of nitrogens with two attached hydrogens (primary N) is 1. The standard InChI is InChI=1S/C10H11N5O2S/c1-2-3-7-4-5-9-13-8(6-11)10(15(9)14-7)18(12,16)17/h4-5H,2-3H2,1H3,(H2,12,16,17). The molecule has 0 saturated heterocycles. The zero-order valence-corrected chi connectivity index (χ0v) is 10.5. The SMILES string of the molecule is CCCc1ccc2nc(C#N)c(S(N)(=O)=O)n2n1. The van der Waals surface area contributed by atoms with E-state index in [1.54, 1.807) is 18.2 Å². The third kappa shape index (κ3) is 2.05. The molecule has 0 aromatic carbocycles. The highest BCUT2D eigenvalue weighted by atomic mass is 32.2. The number of hydrogen-bond acceptors (Lipinski definition) is 5. The van der Waals surface area contributed by atoms with E-state index in [0.717, 1.165) is 16.6 Å². The molecule has 0 saturated carbocycles. The molecule has 2 heterocycles. The summed E-state index contributed by atoms with van der Waals surface area (Å²) in [7, 11) is -4.05. The van der Waals surface area contributed by atoms with Gasteiger partial charge in [-0.1, -0.05) is 13.3 Å². The summed E-state index contributed by atoms with van der Waals surface area (Å²) in [6.45, 7) is 1.99. The van der Waals surface area contributed by atoms with Crippen LogP contribution in [0.5, 0.6) is 0 Å². The molecule has 2 aromatic rings. The van der Waals surface area contributed by atoms with Crippen molar-refractivity contribution in [2.75, 3.05) is 0 Å². The number of aromatic nitrogens is 3. The van der Waals surface area contributed by atoms with Gasteiger partial charge in [-0.15, -0.1) is 0 Å². The lowest BCUT2D eigenvalue weighted by Gasteiger charge is -2.01. The van der Waals surface area contributed by atoms with Crippen LogP contribution in [0.15, 0.2) is 17.2 Å². The van der Waals surface area contributed by atoms with E-state index in [0.29, 0.717) is 6.42 Å². The molecule has 18 heavy (non-hydrogen) atoms. The monoisotopic (exact) mass is 265 g/mol. The topological polar surface area (TPSA) is 114 Å². The zero-order valence-electron chi connectivity index (χ0n) is 9.66. The largest absolute Gasteiger partial charge is 0.258 e. The lowest BCUT2D eigenvalue weighted by Crippen LogP contribution is -2.17. The number of sulfonamides is 1. The van der Waals surface area contributed by atoms with Gasteiger partial charge in [0.25, 0.3) is 10.0 Å². The van der Waals surface area contributed by atoms with Crippen molar-refractivity contribution in [3.8, 4) is 6.07 Å². The van der Waals surface area contributed by atoms with Crippen LogP contribution < -0.4 is 5.14 Å². The van der Waals surface area contributed by atoms with Crippen molar-refractivity contribution in [1.82, 2.24) is 14.6 Å². The number of hydrogen-bond donors (Lipinski definition) is 1. The predicted octanol–water partition coefficient (Wildman–Crippen LogP) is 0.201. The third-order valence-corrected chi connectivity index (χ3v) is 3.28. The number of imidazole rings is 1. The molecule has 94 valence electrons. The highest BCUT2D eigenvalue weighted by Crippen LogP contribution is 2.15. The van der Waals surface area contributed by atoms with Crippen LogP contribution in [0.4, 0.5) is 0 Å². The van der Waals surface area contributed by atoms with Crippen molar-refractivity contribution in [2.45, 2.75) is 24.8 Å². The zero-order chi connectivity index (χ0) is 13.3. The number of nitrogens with zero attached hydrogens (tertiary/aromatic N) is 4. The molecule has 0 amide bonds. The summed E-state index contributed by atoms with van der Waals surface area (Å²) in [5.74, 6) is 0. The van der Waals surface area contributed by atoms with E-state index in [4.69, 9.17) is 10.4 Å². The molecule has 0 bridgehead atoms. The summed E-state index contributed by atoms with van der Waals surface area (Å²) < 4.78 is 24.1. The van der Waals surface area contributed by atoms with E-state index in [2.05, 4.69) is 10.1 Å². The first-order chi connectivity index (χ1) is 8.47. The maximum absolute atomic E-state index is 11.5. The fraction of sp³-hybridized carbons (Fsp3) is 0.300. The molecule has 0 aliphatic carbocycles. The van der Waals surface area contributed by atoms with E-state index >= 15 is 0 Å². The fourth-order valence-electron chi connectivity index (χ4n) is 1.67. The molecule has 0 unspecified atom stereocenters. The highest BCUT2D eigenvalue weighted by molar-refractivity contribution is 7.89. The number of primary sulfonamides is 1. The van der Waals surface area contributed by atoms with Crippen LogP contribution in [0.3, 0.4) is 0 Å². The smallest absolute Gasteiger partial charge is 0.223 e. The van der Waals surface area contributed by atoms with Gasteiger partial charge < -0.3 is 0 Å². The minimum atomic E-state index is -4.05. The van der Waals surface area contributed by atoms with Gasteiger partial charge in [0, 0.05) is 0 Å². The van der Waals surface area contributed by atoms with Crippen molar-refractivity contribution < 1.29 is 8.42 Å². The number of fused-ring (bicyclic) bond motifs is 1. The van der Waals surface area contributed by atoms with Gasteiger partial charge in [0.05, 0.1) is 5.69 Å². The molecule has 0 spiro atoms. The van der Waals surface area contributed by atoms with Crippen LogP contribution in [-0.4, -0.2) is 23.0 Å². The summed E-state index contributed by atoms with van der Waals surface area (Å²) in [6.07, 6.45) is 1.59. The van der Waals surface area contributed by atoms with Gasteiger partial charge in [0.2, 0.25) is 5.03 Å². The van der Waals surface area contributed by atoms with Crippen LogP contribution in [0, 0.1) is 11.3 Å². The molecule has 0 atom stereocenters. The molecule has 0 radical (unpaired) electrons. The molecule has 7 nitrogen and oxygen atoms in total. The van der Waals surface area contributed by atoms with Crippen LogP contribution in [0.1, 0.15) is 24.7 Å². The van der Waals surface area contributed by atoms with Gasteiger partial charge in [-0.25, -0.2) is 18.5 Å². The summed E-state index contributed by atoms with van der Waals surface area (Å²) in [6, 6.07) is 5.08.